The Labute approximate surface area is 168 Å². The van der Waals surface area contributed by atoms with Crippen LogP contribution in [0.1, 0.15) is 18.5 Å². The molecule has 2 heterocycles. The Bertz CT molecular complexity index is 923. The fraction of sp³-hybridized carbons (Fsp3) is 0.333. The van der Waals surface area contributed by atoms with Crippen LogP contribution in [-0.2, 0) is 21.4 Å². The molecule has 2 aromatic rings. The molecule has 0 aliphatic carbocycles. The molecule has 0 unspecified atom stereocenters. The van der Waals surface area contributed by atoms with E-state index in [9.17, 15) is 13.2 Å². The lowest BCUT2D eigenvalue weighted by Gasteiger charge is -2.31. The van der Waals surface area contributed by atoms with Crippen LogP contribution < -0.4 is 5.32 Å². The number of nitrogens with one attached hydrogen (secondary N) is 1. The molecule has 1 saturated heterocycles. The number of halogens is 2. The summed E-state index contributed by atoms with van der Waals surface area (Å²) in [5, 5.41) is 3.23. The van der Waals surface area contributed by atoms with Crippen LogP contribution in [0.4, 0.5) is 0 Å². The van der Waals surface area contributed by atoms with Gasteiger partial charge in [-0.2, -0.15) is 4.31 Å². The topological polar surface area (TPSA) is 79.4 Å². The maximum absolute atomic E-state index is 12.9. The van der Waals surface area contributed by atoms with Gasteiger partial charge in [0.15, 0.2) is 0 Å². The largest absolute Gasteiger partial charge is 0.350 e. The molecule has 0 spiro atoms. The molecule has 1 aliphatic heterocycles. The molecular formula is C18H19Cl2N3O3S. The highest BCUT2D eigenvalue weighted by Gasteiger charge is 2.34. The Morgan fingerprint density at radius 3 is 2.81 bits per heavy atom. The van der Waals surface area contributed by atoms with Gasteiger partial charge in [0.05, 0.1) is 23.2 Å². The first kappa shape index (κ1) is 20.1. The molecule has 27 heavy (non-hydrogen) atoms. The molecule has 144 valence electrons. The molecule has 6 nitrogen and oxygen atoms in total. The SMILES string of the molecule is O=C(NCc1ccccn1)[C@@H]1CCCN(S(=O)(=O)c2cc(Cl)ccc2Cl)C1. The second-order valence-electron chi connectivity index (χ2n) is 6.32. The molecular weight excluding hydrogens is 409 g/mol. The van der Waals surface area contributed by atoms with Crippen LogP contribution in [0.2, 0.25) is 10.0 Å². The standard InChI is InChI=1S/C18H19Cl2N3O3S/c19-14-6-7-16(20)17(10-14)27(25,26)23-9-3-4-13(12-23)18(24)22-11-15-5-1-2-8-21-15/h1-2,5-8,10,13H,3-4,9,11-12H2,(H,22,24)/t13-/m1/s1. The van der Waals surface area contributed by atoms with Crippen LogP contribution in [0.25, 0.3) is 0 Å². The van der Waals surface area contributed by atoms with E-state index in [0.717, 1.165) is 5.69 Å². The van der Waals surface area contributed by atoms with Crippen LogP contribution in [0.15, 0.2) is 47.5 Å². The molecule has 1 N–H and O–H groups in total. The van der Waals surface area contributed by atoms with E-state index in [1.165, 1.54) is 22.5 Å². The van der Waals surface area contributed by atoms with Crippen molar-refractivity contribution in [2.75, 3.05) is 13.1 Å². The lowest BCUT2D eigenvalue weighted by atomic mass is 9.99. The first-order chi connectivity index (χ1) is 12.9. The third-order valence-electron chi connectivity index (χ3n) is 4.44. The van der Waals surface area contributed by atoms with Crippen LogP contribution >= 0.6 is 23.2 Å². The summed E-state index contributed by atoms with van der Waals surface area (Å²) in [7, 11) is -3.82. The average Bonchev–Trinajstić information content (AvgIpc) is 2.68. The zero-order valence-corrected chi connectivity index (χ0v) is 16.8. The van der Waals surface area contributed by atoms with Gasteiger partial charge in [0.2, 0.25) is 15.9 Å². The maximum atomic E-state index is 12.9. The van der Waals surface area contributed by atoms with Crippen molar-refractivity contribution in [2.45, 2.75) is 24.3 Å². The highest BCUT2D eigenvalue weighted by molar-refractivity contribution is 7.89. The predicted octanol–water partition coefficient (Wildman–Crippen LogP) is 3.11. The molecule has 1 amide bonds. The molecule has 1 aromatic heterocycles. The summed E-state index contributed by atoms with van der Waals surface area (Å²) < 4.78 is 27.2. The molecule has 1 atom stereocenters. The fourth-order valence-corrected chi connectivity index (χ4v) is 5.27. The van der Waals surface area contributed by atoms with Gasteiger partial charge in [-0.15, -0.1) is 0 Å². The predicted molar refractivity (Wildman–Crippen MR) is 104 cm³/mol. The molecule has 0 bridgehead atoms. The minimum Gasteiger partial charge on any atom is -0.350 e. The Hall–Kier alpha value is -1.67. The number of hydrogen-bond acceptors (Lipinski definition) is 4. The first-order valence-corrected chi connectivity index (χ1v) is 10.7. The Balaban J connectivity index is 1.69. The third-order valence-corrected chi connectivity index (χ3v) is 7.02. The monoisotopic (exact) mass is 427 g/mol. The van der Waals surface area contributed by atoms with Crippen molar-refractivity contribution in [3.8, 4) is 0 Å². The van der Waals surface area contributed by atoms with Gasteiger partial charge >= 0.3 is 0 Å². The summed E-state index contributed by atoms with van der Waals surface area (Å²) in [5.41, 5.74) is 0.747. The van der Waals surface area contributed by atoms with E-state index >= 15 is 0 Å². The van der Waals surface area contributed by atoms with Gasteiger partial charge in [-0.3, -0.25) is 9.78 Å². The zero-order chi connectivity index (χ0) is 19.4. The normalized spacial score (nSPS) is 18.2. The van der Waals surface area contributed by atoms with Gasteiger partial charge in [-0.05, 0) is 43.2 Å². The van der Waals surface area contributed by atoms with Crippen molar-refractivity contribution in [1.29, 1.82) is 0 Å². The van der Waals surface area contributed by atoms with Crippen molar-refractivity contribution in [2.24, 2.45) is 5.92 Å². The second kappa shape index (κ2) is 8.56. The number of carbonyl (C=O) groups is 1. The molecule has 3 rings (SSSR count). The van der Waals surface area contributed by atoms with E-state index < -0.39 is 15.9 Å². The number of sulfonamides is 1. The van der Waals surface area contributed by atoms with Gasteiger partial charge in [-0.25, -0.2) is 8.42 Å². The fourth-order valence-electron chi connectivity index (χ4n) is 3.01. The molecule has 1 aliphatic rings. The molecule has 0 radical (unpaired) electrons. The van der Waals surface area contributed by atoms with Gasteiger partial charge in [0.25, 0.3) is 0 Å². The number of benzene rings is 1. The summed E-state index contributed by atoms with van der Waals surface area (Å²) in [6.07, 6.45) is 2.88. The maximum Gasteiger partial charge on any atom is 0.244 e. The van der Waals surface area contributed by atoms with Crippen LogP contribution in [0.3, 0.4) is 0 Å². The van der Waals surface area contributed by atoms with E-state index in [1.54, 1.807) is 12.3 Å². The number of pyridine rings is 1. The lowest BCUT2D eigenvalue weighted by Crippen LogP contribution is -2.45. The van der Waals surface area contributed by atoms with E-state index in [0.29, 0.717) is 31.0 Å². The van der Waals surface area contributed by atoms with Crippen molar-refractivity contribution in [3.05, 3.63) is 58.3 Å². The van der Waals surface area contributed by atoms with Crippen molar-refractivity contribution >= 4 is 39.1 Å². The van der Waals surface area contributed by atoms with Gasteiger partial charge in [-0.1, -0.05) is 29.3 Å². The van der Waals surface area contributed by atoms with Crippen LogP contribution in [-0.4, -0.2) is 36.7 Å². The Kier molecular flexibility index (Phi) is 6.37. The molecule has 1 aromatic carbocycles. The van der Waals surface area contributed by atoms with E-state index in [1.807, 2.05) is 12.1 Å². The third kappa shape index (κ3) is 4.79. The van der Waals surface area contributed by atoms with E-state index in [4.69, 9.17) is 23.2 Å². The number of nitrogens with zero attached hydrogens (tertiary/aromatic N) is 2. The van der Waals surface area contributed by atoms with Crippen molar-refractivity contribution in [1.82, 2.24) is 14.6 Å². The summed E-state index contributed by atoms with van der Waals surface area (Å²) in [6, 6.07) is 9.79. The highest BCUT2D eigenvalue weighted by atomic mass is 35.5. The number of rotatable bonds is 5. The molecule has 0 saturated carbocycles. The number of carbonyl (C=O) groups excluding carboxylic acids is 1. The summed E-state index contributed by atoms with van der Waals surface area (Å²) in [4.78, 5) is 16.6. The minimum absolute atomic E-state index is 0.0359. The summed E-state index contributed by atoms with van der Waals surface area (Å²) in [5.74, 6) is -0.604. The highest BCUT2D eigenvalue weighted by Crippen LogP contribution is 2.30. The van der Waals surface area contributed by atoms with Crippen LogP contribution in [0.5, 0.6) is 0 Å². The summed E-state index contributed by atoms with van der Waals surface area (Å²) >= 11 is 12.0. The second-order valence-corrected chi connectivity index (χ2v) is 9.07. The molecule has 9 heteroatoms. The Morgan fingerprint density at radius 1 is 1.26 bits per heavy atom. The number of hydrogen-bond donors (Lipinski definition) is 1. The molecule has 1 fully saturated rings. The number of aromatic nitrogens is 1. The average molecular weight is 428 g/mol. The zero-order valence-electron chi connectivity index (χ0n) is 14.4. The van der Waals surface area contributed by atoms with E-state index in [-0.39, 0.29) is 22.4 Å². The quantitative estimate of drug-likeness (QED) is 0.794. The van der Waals surface area contributed by atoms with Crippen LogP contribution in [0, 0.1) is 5.92 Å². The number of piperidine rings is 1. The van der Waals surface area contributed by atoms with Gasteiger partial charge in [0.1, 0.15) is 4.90 Å². The van der Waals surface area contributed by atoms with E-state index in [2.05, 4.69) is 10.3 Å². The minimum atomic E-state index is -3.82. The summed E-state index contributed by atoms with van der Waals surface area (Å²) in [6.45, 7) is 0.761. The van der Waals surface area contributed by atoms with Crippen molar-refractivity contribution in [3.63, 3.8) is 0 Å². The number of amides is 1. The first-order valence-electron chi connectivity index (χ1n) is 8.51. The smallest absolute Gasteiger partial charge is 0.244 e. The van der Waals surface area contributed by atoms with Gasteiger partial charge < -0.3 is 5.32 Å². The van der Waals surface area contributed by atoms with Gasteiger partial charge in [0, 0.05) is 24.3 Å². The van der Waals surface area contributed by atoms with Crippen molar-refractivity contribution < 1.29 is 13.2 Å². The Morgan fingerprint density at radius 2 is 2.07 bits per heavy atom. The lowest BCUT2D eigenvalue weighted by molar-refractivity contribution is -0.126.